The van der Waals surface area contributed by atoms with Crippen LogP contribution < -0.4 is 0 Å². The number of sulfone groups is 1. The van der Waals surface area contributed by atoms with E-state index in [1.54, 1.807) is 30.3 Å². The molecule has 0 aromatic heterocycles. The Labute approximate surface area is 132 Å². The Morgan fingerprint density at radius 1 is 1.00 bits per heavy atom. The molecular weight excluding hydrogens is 350 g/mol. The van der Waals surface area contributed by atoms with Gasteiger partial charge in [0, 0.05) is 10.4 Å². The molecule has 3 atom stereocenters. The van der Waals surface area contributed by atoms with E-state index < -0.39 is 21.0 Å². The second-order valence-electron chi connectivity index (χ2n) is 5.05. The maximum absolute atomic E-state index is 12.7. The molecule has 1 aliphatic rings. The second-order valence-corrected chi connectivity index (χ2v) is 8.08. The summed E-state index contributed by atoms with van der Waals surface area (Å²) in [4.78, 5) is 0.287. The number of rotatable bonds is 3. The third-order valence-corrected chi connectivity index (χ3v) is 6.55. The maximum atomic E-state index is 12.7. The first-order valence-electron chi connectivity index (χ1n) is 6.50. The Bertz CT molecular complexity index is 794. The minimum Gasteiger partial charge on any atom is -0.223 e. The molecule has 5 heteroatoms. The van der Waals surface area contributed by atoms with E-state index in [9.17, 15) is 13.7 Å². The summed E-state index contributed by atoms with van der Waals surface area (Å²) in [6, 6.07) is 18.0. The Hall–Kier alpha value is -1.64. The molecule has 1 saturated carbocycles. The van der Waals surface area contributed by atoms with Gasteiger partial charge in [0.25, 0.3) is 0 Å². The Morgan fingerprint density at radius 2 is 1.62 bits per heavy atom. The van der Waals surface area contributed by atoms with Gasteiger partial charge < -0.3 is 0 Å². The fourth-order valence-corrected chi connectivity index (χ4v) is 5.03. The molecule has 0 spiro atoms. The standard InChI is InChI=1S/C16H12BrNO2S/c17-12-8-6-11(7-9-12)15-14(10-18)16(15)21(19,20)13-4-2-1-3-5-13/h1-9,14-16H/t14-,15-,16+/m0/s1. The summed E-state index contributed by atoms with van der Waals surface area (Å²) in [6.07, 6.45) is 0. The van der Waals surface area contributed by atoms with Gasteiger partial charge in [-0.1, -0.05) is 46.3 Å². The first-order valence-corrected chi connectivity index (χ1v) is 8.83. The third-order valence-electron chi connectivity index (χ3n) is 3.79. The molecule has 0 amide bonds. The molecule has 21 heavy (non-hydrogen) atoms. The van der Waals surface area contributed by atoms with Crippen LogP contribution in [-0.4, -0.2) is 13.7 Å². The molecule has 0 heterocycles. The SMILES string of the molecule is N#C[C@H]1[C@H](c2ccc(Br)cc2)[C@@H]1S(=O)(=O)c1ccccc1. The van der Waals surface area contributed by atoms with Gasteiger partial charge in [0.15, 0.2) is 9.84 Å². The van der Waals surface area contributed by atoms with Crippen molar-refractivity contribution >= 4 is 25.8 Å². The first-order chi connectivity index (χ1) is 10.1. The van der Waals surface area contributed by atoms with E-state index in [1.807, 2.05) is 24.3 Å². The van der Waals surface area contributed by atoms with Crippen LogP contribution in [0.2, 0.25) is 0 Å². The summed E-state index contributed by atoms with van der Waals surface area (Å²) in [5.74, 6) is -0.718. The smallest absolute Gasteiger partial charge is 0.183 e. The first kappa shape index (κ1) is 14.3. The monoisotopic (exact) mass is 361 g/mol. The lowest BCUT2D eigenvalue weighted by molar-refractivity contribution is 0.593. The van der Waals surface area contributed by atoms with Crippen LogP contribution in [-0.2, 0) is 9.84 Å². The van der Waals surface area contributed by atoms with Crippen LogP contribution in [0.4, 0.5) is 0 Å². The van der Waals surface area contributed by atoms with Gasteiger partial charge in [-0.2, -0.15) is 5.26 Å². The van der Waals surface area contributed by atoms with Crippen molar-refractivity contribution in [2.24, 2.45) is 5.92 Å². The van der Waals surface area contributed by atoms with Gasteiger partial charge in [0.1, 0.15) is 0 Å². The quantitative estimate of drug-likeness (QED) is 0.839. The van der Waals surface area contributed by atoms with Gasteiger partial charge in [-0.3, -0.25) is 0 Å². The molecule has 2 aromatic rings. The predicted octanol–water partition coefficient (Wildman–Crippen LogP) is 3.53. The fourth-order valence-electron chi connectivity index (χ4n) is 2.67. The average molecular weight is 362 g/mol. The zero-order valence-electron chi connectivity index (χ0n) is 11.0. The summed E-state index contributed by atoms with van der Waals surface area (Å²) in [6.45, 7) is 0. The van der Waals surface area contributed by atoms with Crippen molar-refractivity contribution in [1.82, 2.24) is 0 Å². The maximum Gasteiger partial charge on any atom is 0.183 e. The van der Waals surface area contributed by atoms with Crippen LogP contribution >= 0.6 is 15.9 Å². The van der Waals surface area contributed by atoms with E-state index >= 15 is 0 Å². The van der Waals surface area contributed by atoms with E-state index in [0.717, 1.165) is 10.0 Å². The number of benzene rings is 2. The number of hydrogen-bond acceptors (Lipinski definition) is 3. The molecule has 0 aliphatic heterocycles. The van der Waals surface area contributed by atoms with Gasteiger partial charge in [-0.25, -0.2) is 8.42 Å². The van der Waals surface area contributed by atoms with Crippen LogP contribution in [0, 0.1) is 17.2 Å². The van der Waals surface area contributed by atoms with E-state index in [4.69, 9.17) is 0 Å². The average Bonchev–Trinajstić information content (AvgIpc) is 3.24. The molecule has 0 unspecified atom stereocenters. The molecule has 0 N–H and O–H groups in total. The largest absolute Gasteiger partial charge is 0.223 e. The highest BCUT2D eigenvalue weighted by atomic mass is 79.9. The molecular formula is C16H12BrNO2S. The van der Waals surface area contributed by atoms with Crippen molar-refractivity contribution in [3.05, 3.63) is 64.6 Å². The van der Waals surface area contributed by atoms with E-state index in [0.29, 0.717) is 0 Å². The van der Waals surface area contributed by atoms with E-state index in [1.165, 1.54) is 0 Å². The molecule has 0 saturated heterocycles. The minimum atomic E-state index is -3.47. The van der Waals surface area contributed by atoms with Crippen molar-refractivity contribution in [2.75, 3.05) is 0 Å². The van der Waals surface area contributed by atoms with Gasteiger partial charge in [0.2, 0.25) is 0 Å². The summed E-state index contributed by atoms with van der Waals surface area (Å²) in [5, 5.41) is 8.60. The Balaban J connectivity index is 1.96. The van der Waals surface area contributed by atoms with Crippen molar-refractivity contribution in [2.45, 2.75) is 16.1 Å². The normalized spacial score (nSPS) is 24.3. The Kier molecular flexibility index (Phi) is 3.60. The predicted molar refractivity (Wildman–Crippen MR) is 83.4 cm³/mol. The minimum absolute atomic E-state index is 0.242. The van der Waals surface area contributed by atoms with Gasteiger partial charge in [-0.15, -0.1) is 0 Å². The molecule has 3 rings (SSSR count). The lowest BCUT2D eigenvalue weighted by Crippen LogP contribution is -2.10. The summed E-state index contributed by atoms with van der Waals surface area (Å²) < 4.78 is 26.2. The van der Waals surface area contributed by atoms with Crippen molar-refractivity contribution in [3.63, 3.8) is 0 Å². The number of halogens is 1. The summed E-state index contributed by atoms with van der Waals surface area (Å²) >= 11 is 3.36. The van der Waals surface area contributed by atoms with Crippen LogP contribution in [0.5, 0.6) is 0 Å². The molecule has 2 aromatic carbocycles. The lowest BCUT2D eigenvalue weighted by atomic mass is 10.1. The van der Waals surface area contributed by atoms with Crippen LogP contribution in [0.15, 0.2) is 64.0 Å². The van der Waals surface area contributed by atoms with Crippen LogP contribution in [0.3, 0.4) is 0 Å². The Morgan fingerprint density at radius 3 is 2.19 bits per heavy atom. The van der Waals surface area contributed by atoms with E-state index in [-0.39, 0.29) is 10.8 Å². The van der Waals surface area contributed by atoms with Gasteiger partial charge in [0.05, 0.1) is 22.1 Å². The molecule has 1 fully saturated rings. The number of nitriles is 1. The molecule has 106 valence electrons. The zero-order valence-corrected chi connectivity index (χ0v) is 13.4. The molecule has 3 nitrogen and oxygen atoms in total. The molecule has 0 radical (unpaired) electrons. The van der Waals surface area contributed by atoms with Crippen molar-refractivity contribution in [3.8, 4) is 6.07 Å². The van der Waals surface area contributed by atoms with Crippen molar-refractivity contribution in [1.29, 1.82) is 5.26 Å². The number of nitrogens with zero attached hydrogens (tertiary/aromatic N) is 1. The third kappa shape index (κ3) is 2.50. The second kappa shape index (κ2) is 5.28. The molecule has 1 aliphatic carbocycles. The highest BCUT2D eigenvalue weighted by molar-refractivity contribution is 9.10. The van der Waals surface area contributed by atoms with Crippen LogP contribution in [0.1, 0.15) is 11.5 Å². The van der Waals surface area contributed by atoms with Crippen LogP contribution in [0.25, 0.3) is 0 Å². The number of hydrogen-bond donors (Lipinski definition) is 0. The lowest BCUT2D eigenvalue weighted by Gasteiger charge is -2.03. The van der Waals surface area contributed by atoms with E-state index in [2.05, 4.69) is 22.0 Å². The summed E-state index contributed by atoms with van der Waals surface area (Å²) in [5.41, 5.74) is 0.897. The van der Waals surface area contributed by atoms with Gasteiger partial charge in [-0.05, 0) is 29.8 Å². The van der Waals surface area contributed by atoms with Crippen molar-refractivity contribution < 1.29 is 8.42 Å². The molecule has 0 bridgehead atoms. The topological polar surface area (TPSA) is 57.9 Å². The fraction of sp³-hybridized carbons (Fsp3) is 0.188. The highest BCUT2D eigenvalue weighted by Gasteiger charge is 2.59. The highest BCUT2D eigenvalue weighted by Crippen LogP contribution is 2.53. The van der Waals surface area contributed by atoms with Gasteiger partial charge >= 0.3 is 0 Å². The summed E-state index contributed by atoms with van der Waals surface area (Å²) in [7, 11) is -3.47. The zero-order chi connectivity index (χ0) is 15.0.